The average Bonchev–Trinajstić information content (AvgIpc) is 3.50. The molecule has 0 radical (unpaired) electrons. The van der Waals surface area contributed by atoms with Gasteiger partial charge < -0.3 is 18.8 Å². The van der Waals surface area contributed by atoms with Crippen LogP contribution in [0.1, 0.15) is 105 Å². The highest BCUT2D eigenvalue weighted by Gasteiger charge is 2.79. The molecule has 0 bridgehead atoms. The van der Waals surface area contributed by atoms with Gasteiger partial charge in [-0.05, 0) is 87.8 Å². The Morgan fingerprint density at radius 2 is 1.75 bits per heavy atom. The number of aldehydes is 1. The molecule has 1 spiro atoms. The van der Waals surface area contributed by atoms with Gasteiger partial charge in [0.1, 0.15) is 23.8 Å². The Kier molecular flexibility index (Phi) is 5.86. The van der Waals surface area contributed by atoms with Gasteiger partial charge in [-0.2, -0.15) is 0 Å². The maximum absolute atomic E-state index is 13.1. The van der Waals surface area contributed by atoms with E-state index in [9.17, 15) is 4.79 Å². The van der Waals surface area contributed by atoms with Gasteiger partial charge in [-0.3, -0.25) is 0 Å². The van der Waals surface area contributed by atoms with Crippen LogP contribution in [0.25, 0.3) is 0 Å². The fraction of sp³-hybridized carbons (Fsp3) is 0.818. The summed E-state index contributed by atoms with van der Waals surface area (Å²) in [6.07, 6.45) is 14.0. The highest BCUT2D eigenvalue weighted by Crippen LogP contribution is 2.79. The van der Waals surface area contributed by atoms with Crippen molar-refractivity contribution in [2.24, 2.45) is 38.9 Å². The van der Waals surface area contributed by atoms with Gasteiger partial charge in [0.2, 0.25) is 0 Å². The fourth-order valence-corrected chi connectivity index (χ4v) is 12.7. The minimum atomic E-state index is -0.544. The molecule has 5 aliphatic carbocycles. The smallest absolute Gasteiger partial charge is 0.180 e. The molecule has 7 heteroatoms. The fourth-order valence-electron chi connectivity index (χ4n) is 11.7. The number of hydrogen-bond acceptors (Lipinski definition) is 5. The second kappa shape index (κ2) is 8.31. The van der Waals surface area contributed by atoms with E-state index in [-0.39, 0.29) is 50.5 Å². The summed E-state index contributed by atoms with van der Waals surface area (Å²) in [6, 6.07) is -0.228. The van der Waals surface area contributed by atoms with Crippen LogP contribution in [0.5, 0.6) is 0 Å². The first kappa shape index (κ1) is 28.2. The van der Waals surface area contributed by atoms with E-state index >= 15 is 0 Å². The highest BCUT2D eigenvalue weighted by molar-refractivity contribution is 8.13. The third-order valence-corrected chi connectivity index (χ3v) is 15.5. The van der Waals surface area contributed by atoms with E-state index in [1.165, 1.54) is 11.8 Å². The van der Waals surface area contributed by atoms with E-state index < -0.39 is 13.2 Å². The first-order valence-electron chi connectivity index (χ1n) is 15.5. The lowest BCUT2D eigenvalue weighted by Crippen LogP contribution is -2.74. The quantitative estimate of drug-likeness (QED) is 0.200. The monoisotopic (exact) mass is 585 g/mol. The molecule has 0 amide bonds. The van der Waals surface area contributed by atoms with Gasteiger partial charge in [0.05, 0.1) is 6.20 Å². The van der Waals surface area contributed by atoms with Gasteiger partial charge in [0, 0.05) is 27.7 Å². The third-order valence-electron chi connectivity index (χ3n) is 13.8. The molecule has 3 unspecified atom stereocenters. The summed E-state index contributed by atoms with van der Waals surface area (Å²) in [6.45, 7) is 19.4. The molecule has 4 fully saturated rings. The van der Waals surface area contributed by atoms with E-state index in [4.69, 9.17) is 14.0 Å². The molecule has 1 saturated heterocycles. The minimum Gasteiger partial charge on any atom is -0.361 e. The number of rotatable bonds is 2. The Morgan fingerprint density at radius 1 is 1.02 bits per heavy atom. The Hall–Kier alpha value is -0.600. The molecular formula is C33H49NO4P2. The molecule has 1 aliphatic heterocycles. The zero-order valence-corrected chi connectivity index (χ0v) is 27.9. The van der Waals surface area contributed by atoms with Crippen molar-refractivity contribution in [1.82, 2.24) is 5.16 Å². The summed E-state index contributed by atoms with van der Waals surface area (Å²) in [5, 5.41) is 4.27. The SMILES string of the molecule is CP(P)C1O[C@@H]2C=C3[C@@]4(C)Cc5cnoc5C(C)(C)[C@@H]4CC[C@@]3(C)[C@]3(C)CC[C@@]4(C=O)CCC(C)(C)C[C@H]4[C@@]23O1. The molecule has 7 rings (SSSR count). The number of ether oxygens (including phenoxy) is 2. The van der Waals surface area contributed by atoms with Gasteiger partial charge >= 0.3 is 0 Å². The predicted molar refractivity (Wildman–Crippen MR) is 162 cm³/mol. The number of carbonyl (C=O) groups is 1. The lowest BCUT2D eigenvalue weighted by atomic mass is 9.32. The zero-order chi connectivity index (χ0) is 28.7. The van der Waals surface area contributed by atoms with Crippen LogP contribution in [0.15, 0.2) is 22.4 Å². The van der Waals surface area contributed by atoms with Crippen LogP contribution in [0.2, 0.25) is 0 Å². The summed E-state index contributed by atoms with van der Waals surface area (Å²) in [7, 11) is 2.46. The van der Waals surface area contributed by atoms with E-state index in [0.717, 1.165) is 57.1 Å². The molecule has 1 aromatic rings. The first-order valence-corrected chi connectivity index (χ1v) is 19.0. The van der Waals surface area contributed by atoms with Crippen molar-refractivity contribution < 1.29 is 18.8 Å². The van der Waals surface area contributed by atoms with Crippen molar-refractivity contribution in [1.29, 1.82) is 0 Å². The van der Waals surface area contributed by atoms with Crippen LogP contribution in [0, 0.1) is 38.9 Å². The number of allylic oxidation sites excluding steroid dienone is 1. The van der Waals surface area contributed by atoms with Crippen molar-refractivity contribution in [3.05, 3.63) is 29.2 Å². The van der Waals surface area contributed by atoms with Crippen molar-refractivity contribution in [2.75, 3.05) is 6.66 Å². The molecule has 5 nitrogen and oxygen atoms in total. The normalized spacial score (nSPS) is 50.7. The Labute approximate surface area is 244 Å². The molecule has 0 N–H and O–H groups in total. The summed E-state index contributed by atoms with van der Waals surface area (Å²) >= 11 is 0. The van der Waals surface area contributed by atoms with Crippen molar-refractivity contribution >= 4 is 22.8 Å². The van der Waals surface area contributed by atoms with Gasteiger partial charge in [-0.25, -0.2) is 0 Å². The minimum absolute atomic E-state index is 0.0192. The number of fused-ring (bicyclic) bond motifs is 6. The maximum atomic E-state index is 13.1. The van der Waals surface area contributed by atoms with E-state index in [1.807, 2.05) is 6.20 Å². The van der Waals surface area contributed by atoms with Crippen LogP contribution in [-0.4, -0.2) is 35.8 Å². The van der Waals surface area contributed by atoms with Gasteiger partial charge in [-0.1, -0.05) is 65.3 Å². The molecule has 3 saturated carbocycles. The molecule has 2 heterocycles. The number of hydrogen-bond donors (Lipinski definition) is 0. The van der Waals surface area contributed by atoms with Crippen LogP contribution in [0.4, 0.5) is 0 Å². The average molecular weight is 586 g/mol. The van der Waals surface area contributed by atoms with Crippen LogP contribution >= 0.6 is 16.5 Å². The number of nitrogens with zero attached hydrogens (tertiary/aromatic N) is 1. The lowest BCUT2D eigenvalue weighted by Gasteiger charge is -2.73. The maximum Gasteiger partial charge on any atom is 0.180 e. The van der Waals surface area contributed by atoms with Crippen LogP contribution in [0.3, 0.4) is 0 Å². The first-order chi connectivity index (χ1) is 18.6. The summed E-state index contributed by atoms with van der Waals surface area (Å²) < 4.78 is 20.4. The Morgan fingerprint density at radius 3 is 2.45 bits per heavy atom. The predicted octanol–water partition coefficient (Wildman–Crippen LogP) is 8.02. The molecule has 40 heavy (non-hydrogen) atoms. The van der Waals surface area contributed by atoms with Crippen LogP contribution < -0.4 is 0 Å². The number of aromatic nitrogens is 1. The lowest BCUT2D eigenvalue weighted by molar-refractivity contribution is -0.260. The summed E-state index contributed by atoms with van der Waals surface area (Å²) in [5.41, 5.74) is 1.89. The van der Waals surface area contributed by atoms with Crippen molar-refractivity contribution in [2.45, 2.75) is 123 Å². The van der Waals surface area contributed by atoms with E-state index in [1.54, 1.807) is 5.57 Å². The summed E-state index contributed by atoms with van der Waals surface area (Å²) in [4.78, 5) is 13.1. The molecule has 6 aliphatic rings. The topological polar surface area (TPSA) is 61.6 Å². The van der Waals surface area contributed by atoms with Crippen LogP contribution in [-0.2, 0) is 26.1 Å². The number of carbonyl (C=O) groups excluding carboxylic acids is 1. The standard InChI is InChI=1S/C33H49NO4P2/c1-27(2)11-13-32(19-35)14-12-31(7)30(6)10-9-21-28(3,4)25-20(18-34-38-25)16-29(21,5)22(30)15-24-33(31,23(32)17-27)37-26(36-24)40(8)39/h15,18-19,21,23-24,26H,9-14,16-17,39H2,1-8H3/t21-,23+,24+,26?,29-,30+,31-,32+,33+,40?/m0/s1. The Balaban J connectivity index is 1.46. The summed E-state index contributed by atoms with van der Waals surface area (Å²) in [5.74, 6) is 1.70. The largest absolute Gasteiger partial charge is 0.361 e. The molecular weight excluding hydrogens is 536 g/mol. The van der Waals surface area contributed by atoms with E-state index in [0.29, 0.717) is 5.92 Å². The second-order valence-electron chi connectivity index (χ2n) is 16.5. The second-order valence-corrected chi connectivity index (χ2v) is 20.7. The molecule has 220 valence electrons. The zero-order valence-electron chi connectivity index (χ0n) is 25.8. The third kappa shape index (κ3) is 3.15. The highest BCUT2D eigenvalue weighted by atomic mass is 32.0. The van der Waals surface area contributed by atoms with Crippen molar-refractivity contribution in [3.8, 4) is 0 Å². The Bertz CT molecular complexity index is 1290. The molecule has 0 aromatic carbocycles. The molecule has 1 aromatic heterocycles. The molecule has 11 atom stereocenters. The van der Waals surface area contributed by atoms with Crippen molar-refractivity contribution in [3.63, 3.8) is 0 Å². The van der Waals surface area contributed by atoms with Gasteiger partial charge in [0.15, 0.2) is 6.03 Å². The van der Waals surface area contributed by atoms with Gasteiger partial charge in [-0.15, -0.1) is 8.93 Å². The van der Waals surface area contributed by atoms with Gasteiger partial charge in [0.25, 0.3) is 0 Å². The van der Waals surface area contributed by atoms with E-state index in [2.05, 4.69) is 75.3 Å².